The van der Waals surface area contributed by atoms with Gasteiger partial charge in [-0.05, 0) is 29.3 Å². The Morgan fingerprint density at radius 1 is 0.750 bits per heavy atom. The summed E-state index contributed by atoms with van der Waals surface area (Å²) in [5.74, 6) is -5.30. The Morgan fingerprint density at radius 3 is 2.06 bits per heavy atom. The number of hydrogen-bond donors (Lipinski definition) is 0. The van der Waals surface area contributed by atoms with Crippen molar-refractivity contribution in [3.05, 3.63) is 89.7 Å². The maximum Gasteiger partial charge on any atom is 0.254 e. The van der Waals surface area contributed by atoms with Crippen LogP contribution in [0.25, 0.3) is 11.1 Å². The normalized spacial score (nSPS) is 15.0. The van der Waals surface area contributed by atoms with Crippen molar-refractivity contribution in [2.45, 2.75) is 4.90 Å². The van der Waals surface area contributed by atoms with Crippen molar-refractivity contribution in [2.75, 3.05) is 26.2 Å². The van der Waals surface area contributed by atoms with Gasteiger partial charge in [-0.25, -0.2) is 21.6 Å². The number of carbonyl (C=O) groups is 1. The van der Waals surface area contributed by atoms with Gasteiger partial charge in [0.05, 0.1) is 0 Å². The summed E-state index contributed by atoms with van der Waals surface area (Å²) in [4.78, 5) is 13.8. The SMILES string of the molecule is O=C(c1ccccc1-c1ccccc1)N1CCN(S(=O)(=O)c2ccc(F)c(F)c2F)CC1. The summed E-state index contributed by atoms with van der Waals surface area (Å²) in [6, 6.07) is 17.8. The number of amides is 1. The number of benzene rings is 3. The predicted molar refractivity (Wildman–Crippen MR) is 113 cm³/mol. The number of hydrogen-bond acceptors (Lipinski definition) is 3. The van der Waals surface area contributed by atoms with Crippen LogP contribution >= 0.6 is 0 Å². The van der Waals surface area contributed by atoms with Gasteiger partial charge in [-0.15, -0.1) is 0 Å². The van der Waals surface area contributed by atoms with E-state index in [2.05, 4.69) is 0 Å². The first-order valence-corrected chi connectivity index (χ1v) is 11.3. The first-order chi connectivity index (χ1) is 15.3. The Kier molecular flexibility index (Phi) is 6.03. The molecule has 9 heteroatoms. The highest BCUT2D eigenvalue weighted by Crippen LogP contribution is 2.27. The number of rotatable bonds is 4. The van der Waals surface area contributed by atoms with Crippen LogP contribution in [0.2, 0.25) is 0 Å². The summed E-state index contributed by atoms with van der Waals surface area (Å²) in [5, 5.41) is 0. The van der Waals surface area contributed by atoms with E-state index in [-0.39, 0.29) is 32.1 Å². The van der Waals surface area contributed by atoms with E-state index in [9.17, 15) is 26.4 Å². The standard InChI is InChI=1S/C23H19F3N2O3S/c24-19-10-11-20(22(26)21(19)25)32(30,31)28-14-12-27(13-15-28)23(29)18-9-5-4-8-17(18)16-6-2-1-3-7-16/h1-11H,12-15H2. The zero-order valence-electron chi connectivity index (χ0n) is 16.8. The fourth-order valence-corrected chi connectivity index (χ4v) is 5.17. The lowest BCUT2D eigenvalue weighted by molar-refractivity contribution is 0.0698. The topological polar surface area (TPSA) is 57.7 Å². The molecular weight excluding hydrogens is 441 g/mol. The van der Waals surface area contributed by atoms with E-state index in [4.69, 9.17) is 0 Å². The summed E-state index contributed by atoms with van der Waals surface area (Å²) in [7, 11) is -4.38. The summed E-state index contributed by atoms with van der Waals surface area (Å²) in [6.45, 7) is -0.0427. The molecule has 3 aromatic rings. The quantitative estimate of drug-likeness (QED) is 0.555. The molecule has 0 aromatic heterocycles. The van der Waals surface area contributed by atoms with Crippen molar-refractivity contribution < 1.29 is 26.4 Å². The Balaban J connectivity index is 1.53. The molecule has 0 atom stereocenters. The molecule has 0 aliphatic carbocycles. The van der Waals surface area contributed by atoms with Gasteiger partial charge in [0.15, 0.2) is 17.5 Å². The predicted octanol–water partition coefficient (Wildman–Crippen LogP) is 3.92. The summed E-state index contributed by atoms with van der Waals surface area (Å²) < 4.78 is 67.2. The highest BCUT2D eigenvalue weighted by molar-refractivity contribution is 7.89. The van der Waals surface area contributed by atoms with Crippen molar-refractivity contribution in [1.29, 1.82) is 0 Å². The van der Waals surface area contributed by atoms with Gasteiger partial charge in [-0.2, -0.15) is 4.31 Å². The minimum atomic E-state index is -4.38. The molecule has 1 amide bonds. The molecule has 0 radical (unpaired) electrons. The minimum absolute atomic E-state index is 0.0759. The van der Waals surface area contributed by atoms with Crippen LogP contribution < -0.4 is 0 Å². The van der Waals surface area contributed by atoms with E-state index in [0.717, 1.165) is 15.4 Å². The molecule has 166 valence electrons. The number of piperazine rings is 1. The van der Waals surface area contributed by atoms with Gasteiger partial charge in [0, 0.05) is 31.7 Å². The zero-order valence-corrected chi connectivity index (χ0v) is 17.7. The molecule has 0 saturated carbocycles. The number of nitrogens with zero attached hydrogens (tertiary/aromatic N) is 2. The van der Waals surface area contributed by atoms with E-state index in [0.29, 0.717) is 17.7 Å². The minimum Gasteiger partial charge on any atom is -0.336 e. The van der Waals surface area contributed by atoms with Crippen molar-refractivity contribution in [2.24, 2.45) is 0 Å². The molecule has 1 heterocycles. The maximum absolute atomic E-state index is 14.1. The molecule has 1 fully saturated rings. The maximum atomic E-state index is 14.1. The smallest absolute Gasteiger partial charge is 0.254 e. The van der Waals surface area contributed by atoms with Crippen LogP contribution in [0.5, 0.6) is 0 Å². The third-order valence-electron chi connectivity index (χ3n) is 5.39. The van der Waals surface area contributed by atoms with E-state index < -0.39 is 32.4 Å². The van der Waals surface area contributed by atoms with Crippen LogP contribution in [-0.2, 0) is 10.0 Å². The van der Waals surface area contributed by atoms with Gasteiger partial charge < -0.3 is 4.90 Å². The van der Waals surface area contributed by atoms with E-state index in [1.807, 2.05) is 42.5 Å². The summed E-state index contributed by atoms with van der Waals surface area (Å²) in [6.07, 6.45) is 0. The summed E-state index contributed by atoms with van der Waals surface area (Å²) >= 11 is 0. The van der Waals surface area contributed by atoms with Crippen LogP contribution in [-0.4, -0.2) is 49.7 Å². The summed E-state index contributed by atoms with van der Waals surface area (Å²) in [5.41, 5.74) is 2.13. The van der Waals surface area contributed by atoms with Crippen molar-refractivity contribution in [1.82, 2.24) is 9.21 Å². The number of sulfonamides is 1. The Hall–Kier alpha value is -3.17. The average molecular weight is 460 g/mol. The van der Waals surface area contributed by atoms with Gasteiger partial charge in [-0.1, -0.05) is 48.5 Å². The van der Waals surface area contributed by atoms with E-state index in [1.54, 1.807) is 12.1 Å². The highest BCUT2D eigenvalue weighted by atomic mass is 32.2. The van der Waals surface area contributed by atoms with Crippen LogP contribution in [0, 0.1) is 17.5 Å². The van der Waals surface area contributed by atoms with Crippen LogP contribution in [0.15, 0.2) is 71.6 Å². The largest absolute Gasteiger partial charge is 0.336 e. The number of carbonyl (C=O) groups excluding carboxylic acids is 1. The van der Waals surface area contributed by atoms with Crippen LogP contribution in [0.1, 0.15) is 10.4 Å². The van der Waals surface area contributed by atoms with Gasteiger partial charge in [0.1, 0.15) is 4.90 Å². The Labute approximate surface area is 183 Å². The lowest BCUT2D eigenvalue weighted by Crippen LogP contribution is -2.50. The second-order valence-corrected chi connectivity index (χ2v) is 9.19. The fourth-order valence-electron chi connectivity index (χ4n) is 3.69. The van der Waals surface area contributed by atoms with Crippen LogP contribution in [0.3, 0.4) is 0 Å². The zero-order chi connectivity index (χ0) is 22.9. The van der Waals surface area contributed by atoms with Crippen molar-refractivity contribution in [3.63, 3.8) is 0 Å². The number of halogens is 3. The monoisotopic (exact) mass is 460 g/mol. The molecule has 0 N–H and O–H groups in total. The highest BCUT2D eigenvalue weighted by Gasteiger charge is 2.34. The second-order valence-electron chi connectivity index (χ2n) is 7.28. The van der Waals surface area contributed by atoms with Crippen molar-refractivity contribution in [3.8, 4) is 11.1 Å². The molecular formula is C23H19F3N2O3S. The molecule has 1 aliphatic rings. The Morgan fingerprint density at radius 2 is 1.38 bits per heavy atom. The third-order valence-corrected chi connectivity index (χ3v) is 7.30. The second kappa shape index (κ2) is 8.76. The third kappa shape index (κ3) is 4.01. The van der Waals surface area contributed by atoms with Gasteiger partial charge in [-0.3, -0.25) is 4.79 Å². The lowest BCUT2D eigenvalue weighted by atomic mass is 9.99. The molecule has 4 rings (SSSR count). The molecule has 0 bridgehead atoms. The van der Waals surface area contributed by atoms with Crippen molar-refractivity contribution >= 4 is 15.9 Å². The molecule has 1 aliphatic heterocycles. The molecule has 5 nitrogen and oxygen atoms in total. The van der Waals surface area contributed by atoms with Crippen LogP contribution in [0.4, 0.5) is 13.2 Å². The Bertz CT molecular complexity index is 1260. The molecule has 32 heavy (non-hydrogen) atoms. The van der Waals surface area contributed by atoms with E-state index in [1.165, 1.54) is 4.90 Å². The van der Waals surface area contributed by atoms with Gasteiger partial charge >= 0.3 is 0 Å². The van der Waals surface area contributed by atoms with Gasteiger partial charge in [0.2, 0.25) is 10.0 Å². The lowest BCUT2D eigenvalue weighted by Gasteiger charge is -2.34. The van der Waals surface area contributed by atoms with E-state index >= 15 is 0 Å². The first-order valence-electron chi connectivity index (χ1n) is 9.88. The molecule has 0 unspecified atom stereocenters. The molecule has 0 spiro atoms. The fraction of sp³-hybridized carbons (Fsp3) is 0.174. The van der Waals surface area contributed by atoms with Gasteiger partial charge in [0.25, 0.3) is 5.91 Å². The molecule has 1 saturated heterocycles. The molecule has 3 aromatic carbocycles. The average Bonchev–Trinajstić information content (AvgIpc) is 2.82. The first kappa shape index (κ1) is 22.0.